The minimum absolute atomic E-state index is 0.126. The highest BCUT2D eigenvalue weighted by atomic mass is 32.1. The van der Waals surface area contributed by atoms with E-state index in [9.17, 15) is 24.0 Å². The number of aliphatic carboxylic acids is 1. The number of rotatable bonds is 14. The first kappa shape index (κ1) is 27.9. The van der Waals surface area contributed by atoms with Crippen LogP contribution in [0.15, 0.2) is 4.99 Å². The number of guanidine groups is 1. The summed E-state index contributed by atoms with van der Waals surface area (Å²) in [7, 11) is 0. The zero-order valence-electron chi connectivity index (χ0n) is 17.0. The molecule has 15 heteroatoms. The number of carboxylic acid groups (broad SMARTS) is 1. The maximum atomic E-state index is 12.6. The summed E-state index contributed by atoms with van der Waals surface area (Å²) < 4.78 is 0. The Bertz CT molecular complexity index is 698. The second-order valence-electron chi connectivity index (χ2n) is 6.61. The molecule has 4 unspecified atom stereocenters. The van der Waals surface area contributed by atoms with Crippen molar-refractivity contribution in [2.45, 2.75) is 50.4 Å². The molecule has 0 aromatic carbocycles. The fourth-order valence-corrected chi connectivity index (χ4v) is 2.47. The van der Waals surface area contributed by atoms with E-state index >= 15 is 0 Å². The molecule has 0 radical (unpaired) electrons. The standard InChI is InChI=1S/C16H30N8O6S/c1-7(17)12(26)22-8(3-2-4-21-16(19)20)13(27)24-10(6-31)14(28)23-9(15(29)30)5-11(18)25/h7-10,31H,2-6,17H2,1H3,(H2,18,25)(H,22,26)(H,23,28)(H,24,27)(H,29,30)(H4,19,20,21). The summed E-state index contributed by atoms with van der Waals surface area (Å²) in [6, 6.07) is -4.78. The van der Waals surface area contributed by atoms with Gasteiger partial charge in [0, 0.05) is 12.3 Å². The first-order chi connectivity index (χ1) is 14.4. The number of amides is 4. The highest BCUT2D eigenvalue weighted by Gasteiger charge is 2.29. The summed E-state index contributed by atoms with van der Waals surface area (Å²) in [4.78, 5) is 62.9. The smallest absolute Gasteiger partial charge is 0.326 e. The van der Waals surface area contributed by atoms with E-state index in [1.54, 1.807) is 0 Å². The van der Waals surface area contributed by atoms with Crippen LogP contribution in [0.25, 0.3) is 0 Å². The Labute approximate surface area is 184 Å². The van der Waals surface area contributed by atoms with E-state index in [4.69, 9.17) is 28.0 Å². The molecular formula is C16H30N8O6S. The molecule has 0 spiro atoms. The van der Waals surface area contributed by atoms with Crippen LogP contribution in [0.3, 0.4) is 0 Å². The number of carboxylic acids is 1. The number of thiol groups is 1. The Kier molecular flexibility index (Phi) is 12.6. The largest absolute Gasteiger partial charge is 0.480 e. The summed E-state index contributed by atoms with van der Waals surface area (Å²) in [5.41, 5.74) is 21.0. The Hall–Kier alpha value is -3.07. The lowest BCUT2D eigenvalue weighted by atomic mass is 10.1. The van der Waals surface area contributed by atoms with Crippen molar-refractivity contribution in [1.82, 2.24) is 16.0 Å². The molecule has 4 amide bonds. The lowest BCUT2D eigenvalue weighted by Crippen LogP contribution is -2.57. The van der Waals surface area contributed by atoms with Gasteiger partial charge in [0.25, 0.3) is 0 Å². The van der Waals surface area contributed by atoms with E-state index in [0.717, 1.165) is 0 Å². The second-order valence-corrected chi connectivity index (χ2v) is 6.98. The second kappa shape index (κ2) is 14.0. The number of aliphatic imine (C=N–C) groups is 1. The van der Waals surface area contributed by atoms with Gasteiger partial charge >= 0.3 is 5.97 Å². The van der Waals surface area contributed by atoms with Crippen LogP contribution >= 0.6 is 12.6 Å². The molecule has 0 saturated carbocycles. The molecule has 31 heavy (non-hydrogen) atoms. The van der Waals surface area contributed by atoms with Gasteiger partial charge in [0.2, 0.25) is 23.6 Å². The molecule has 0 aliphatic heterocycles. The van der Waals surface area contributed by atoms with Gasteiger partial charge < -0.3 is 44.0 Å². The molecule has 0 aliphatic rings. The van der Waals surface area contributed by atoms with Crippen molar-refractivity contribution in [2.24, 2.45) is 27.9 Å². The van der Waals surface area contributed by atoms with Crippen LogP contribution in [-0.2, 0) is 24.0 Å². The molecule has 176 valence electrons. The van der Waals surface area contributed by atoms with Crippen molar-refractivity contribution in [3.63, 3.8) is 0 Å². The molecule has 0 fully saturated rings. The summed E-state index contributed by atoms with van der Waals surface area (Å²) in [6.45, 7) is 1.63. The molecule has 0 bridgehead atoms. The molecule has 0 aromatic rings. The number of hydrogen-bond donors (Lipinski definition) is 9. The first-order valence-corrected chi connectivity index (χ1v) is 9.86. The summed E-state index contributed by atoms with van der Waals surface area (Å²) in [6.07, 6.45) is -0.180. The maximum Gasteiger partial charge on any atom is 0.326 e. The van der Waals surface area contributed by atoms with Crippen LogP contribution in [0, 0.1) is 0 Å². The molecular weight excluding hydrogens is 432 g/mol. The predicted molar refractivity (Wildman–Crippen MR) is 115 cm³/mol. The quantitative estimate of drug-likeness (QED) is 0.0523. The fraction of sp³-hybridized carbons (Fsp3) is 0.625. The van der Waals surface area contributed by atoms with Crippen LogP contribution in [0.1, 0.15) is 26.2 Å². The summed E-state index contributed by atoms with van der Waals surface area (Å²) in [5, 5.41) is 16.0. The number of nitrogens with one attached hydrogen (secondary N) is 3. The van der Waals surface area contributed by atoms with Gasteiger partial charge in [-0.05, 0) is 19.8 Å². The zero-order chi connectivity index (χ0) is 24.1. The minimum atomic E-state index is -1.57. The third-order valence-electron chi connectivity index (χ3n) is 3.83. The summed E-state index contributed by atoms with van der Waals surface area (Å²) >= 11 is 3.99. The number of nitrogens with two attached hydrogens (primary N) is 4. The molecule has 0 aromatic heterocycles. The van der Waals surface area contributed by atoms with Crippen LogP contribution in [0.4, 0.5) is 0 Å². The van der Waals surface area contributed by atoms with Gasteiger partial charge in [-0.25, -0.2) is 4.79 Å². The third-order valence-corrected chi connectivity index (χ3v) is 4.19. The fourth-order valence-electron chi connectivity index (χ4n) is 2.22. The molecule has 0 aliphatic carbocycles. The Morgan fingerprint density at radius 1 is 0.935 bits per heavy atom. The molecule has 0 rings (SSSR count). The normalized spacial score (nSPS) is 14.3. The zero-order valence-corrected chi connectivity index (χ0v) is 17.9. The van der Waals surface area contributed by atoms with E-state index in [0.29, 0.717) is 6.42 Å². The number of carbonyl (C=O) groups excluding carboxylic acids is 4. The SMILES string of the molecule is CC(N)C(=O)NC(CCCN=C(N)N)C(=O)NC(CS)C(=O)NC(CC(N)=O)C(=O)O. The molecule has 0 saturated heterocycles. The van der Waals surface area contributed by atoms with E-state index in [2.05, 4.69) is 33.6 Å². The van der Waals surface area contributed by atoms with Crippen molar-refractivity contribution < 1.29 is 29.1 Å². The van der Waals surface area contributed by atoms with Crippen LogP contribution in [0.5, 0.6) is 0 Å². The van der Waals surface area contributed by atoms with Crippen LogP contribution < -0.4 is 38.9 Å². The van der Waals surface area contributed by atoms with Gasteiger partial charge in [-0.15, -0.1) is 0 Å². The molecule has 0 heterocycles. The van der Waals surface area contributed by atoms with E-state index < -0.39 is 60.2 Å². The van der Waals surface area contributed by atoms with Crippen molar-refractivity contribution in [2.75, 3.05) is 12.3 Å². The first-order valence-electron chi connectivity index (χ1n) is 9.23. The van der Waals surface area contributed by atoms with Gasteiger partial charge in [0.05, 0.1) is 12.5 Å². The van der Waals surface area contributed by atoms with Crippen molar-refractivity contribution in [3.05, 3.63) is 0 Å². The Morgan fingerprint density at radius 2 is 1.45 bits per heavy atom. The maximum absolute atomic E-state index is 12.6. The number of carbonyl (C=O) groups is 5. The average molecular weight is 463 g/mol. The Balaban J connectivity index is 5.22. The average Bonchev–Trinajstić information content (AvgIpc) is 2.66. The highest BCUT2D eigenvalue weighted by molar-refractivity contribution is 7.80. The van der Waals surface area contributed by atoms with Gasteiger partial charge in [-0.2, -0.15) is 12.6 Å². The molecule has 12 N–H and O–H groups in total. The third kappa shape index (κ3) is 11.6. The highest BCUT2D eigenvalue weighted by Crippen LogP contribution is 2.02. The summed E-state index contributed by atoms with van der Waals surface area (Å²) in [5.74, 6) is -4.94. The van der Waals surface area contributed by atoms with E-state index in [1.165, 1.54) is 6.92 Å². The lowest BCUT2D eigenvalue weighted by Gasteiger charge is -2.24. The lowest BCUT2D eigenvalue weighted by molar-refractivity contribution is -0.143. The van der Waals surface area contributed by atoms with E-state index in [1.807, 2.05) is 0 Å². The van der Waals surface area contributed by atoms with Gasteiger partial charge in [0.1, 0.15) is 18.1 Å². The van der Waals surface area contributed by atoms with Crippen molar-refractivity contribution in [1.29, 1.82) is 0 Å². The van der Waals surface area contributed by atoms with E-state index in [-0.39, 0.29) is 24.7 Å². The monoisotopic (exact) mass is 462 g/mol. The topological polar surface area (TPSA) is 258 Å². The van der Waals surface area contributed by atoms with Gasteiger partial charge in [-0.1, -0.05) is 0 Å². The molecule has 4 atom stereocenters. The van der Waals surface area contributed by atoms with Crippen molar-refractivity contribution >= 4 is 48.2 Å². The Morgan fingerprint density at radius 3 is 1.90 bits per heavy atom. The number of nitrogens with zero attached hydrogens (tertiary/aromatic N) is 1. The van der Waals surface area contributed by atoms with Gasteiger partial charge in [0.15, 0.2) is 5.96 Å². The van der Waals surface area contributed by atoms with Crippen LogP contribution in [0.2, 0.25) is 0 Å². The van der Waals surface area contributed by atoms with Crippen molar-refractivity contribution in [3.8, 4) is 0 Å². The molecule has 14 nitrogen and oxygen atoms in total. The minimum Gasteiger partial charge on any atom is -0.480 e. The predicted octanol–water partition coefficient (Wildman–Crippen LogP) is -4.27. The number of primary amides is 1. The van der Waals surface area contributed by atoms with Gasteiger partial charge in [-0.3, -0.25) is 24.2 Å². The number of hydrogen-bond acceptors (Lipinski definition) is 8. The van der Waals surface area contributed by atoms with Crippen LogP contribution in [-0.4, -0.2) is 77.1 Å².